The van der Waals surface area contributed by atoms with Gasteiger partial charge in [-0.2, -0.15) is 8.78 Å². The van der Waals surface area contributed by atoms with E-state index >= 15 is 0 Å². The van der Waals surface area contributed by atoms with Gasteiger partial charge in [0.15, 0.2) is 0 Å². The smallest absolute Gasteiger partial charge is 0.288 e. The minimum Gasteiger partial charge on any atom is -0.396 e. The first-order chi connectivity index (χ1) is 9.58. The quantitative estimate of drug-likeness (QED) is 0.722. The summed E-state index contributed by atoms with van der Waals surface area (Å²) in [5.74, 6) is -3.04. The van der Waals surface area contributed by atoms with Crippen LogP contribution in [0.15, 0.2) is 29.2 Å². The molecule has 0 aliphatic rings. The van der Waals surface area contributed by atoms with E-state index in [-0.39, 0.29) is 29.7 Å². The summed E-state index contributed by atoms with van der Waals surface area (Å²) in [6.07, 6.45) is 0.337. The first kappa shape index (κ1) is 16.9. The summed E-state index contributed by atoms with van der Waals surface area (Å²) in [5.41, 5.74) is 0.192. The van der Waals surface area contributed by atoms with Crippen LogP contribution in [0.4, 0.5) is 8.78 Å². The lowest BCUT2D eigenvalue weighted by Gasteiger charge is -2.17. The van der Waals surface area contributed by atoms with E-state index in [1.165, 1.54) is 19.2 Å². The van der Waals surface area contributed by atoms with Crippen molar-refractivity contribution < 1.29 is 23.4 Å². The van der Waals surface area contributed by atoms with E-state index < -0.39 is 11.7 Å². The number of alkyl halides is 2. The SMILES string of the molecule is COCC(CCO)NC(=O)c1ccccc1SC(F)F. The average molecular weight is 305 g/mol. The number of halogens is 2. The zero-order valence-electron chi connectivity index (χ0n) is 11.0. The van der Waals surface area contributed by atoms with Crippen LogP contribution in [0.1, 0.15) is 16.8 Å². The molecule has 0 saturated heterocycles. The van der Waals surface area contributed by atoms with Crippen molar-refractivity contribution in [1.29, 1.82) is 0 Å². The molecule has 2 N–H and O–H groups in total. The van der Waals surface area contributed by atoms with Gasteiger partial charge in [-0.25, -0.2) is 0 Å². The standard InChI is InChI=1S/C13H17F2NO3S/c1-19-8-9(6-7-17)16-12(18)10-4-2-3-5-11(10)20-13(14)15/h2-5,9,13,17H,6-8H2,1H3,(H,16,18). The number of ether oxygens (including phenoxy) is 1. The number of nitrogens with one attached hydrogen (secondary N) is 1. The molecule has 7 heteroatoms. The van der Waals surface area contributed by atoms with E-state index in [1.807, 2.05) is 0 Å². The van der Waals surface area contributed by atoms with Gasteiger partial charge < -0.3 is 15.2 Å². The van der Waals surface area contributed by atoms with Gasteiger partial charge in [0.1, 0.15) is 0 Å². The summed E-state index contributed by atoms with van der Waals surface area (Å²) in [5, 5.41) is 11.6. The molecule has 1 amide bonds. The lowest BCUT2D eigenvalue weighted by atomic mass is 10.1. The topological polar surface area (TPSA) is 58.6 Å². The van der Waals surface area contributed by atoms with Gasteiger partial charge in [-0.05, 0) is 18.6 Å². The van der Waals surface area contributed by atoms with Gasteiger partial charge in [-0.15, -0.1) is 0 Å². The lowest BCUT2D eigenvalue weighted by Crippen LogP contribution is -2.38. The maximum atomic E-state index is 12.4. The highest BCUT2D eigenvalue weighted by Crippen LogP contribution is 2.28. The van der Waals surface area contributed by atoms with Crippen LogP contribution in [-0.2, 0) is 4.74 Å². The Kier molecular flexibility index (Phi) is 7.50. The number of amides is 1. The summed E-state index contributed by atoms with van der Waals surface area (Å²) in [4.78, 5) is 12.3. The highest BCUT2D eigenvalue weighted by atomic mass is 32.2. The number of hydrogen-bond donors (Lipinski definition) is 2. The molecular formula is C13H17F2NO3S. The molecule has 0 saturated carbocycles. The number of hydrogen-bond acceptors (Lipinski definition) is 4. The van der Waals surface area contributed by atoms with Gasteiger partial charge in [-0.1, -0.05) is 23.9 Å². The fraction of sp³-hybridized carbons (Fsp3) is 0.462. The molecule has 0 spiro atoms. The Morgan fingerprint density at radius 1 is 1.45 bits per heavy atom. The van der Waals surface area contributed by atoms with Crippen molar-refractivity contribution in [2.24, 2.45) is 0 Å². The molecule has 1 unspecified atom stereocenters. The van der Waals surface area contributed by atoms with Crippen LogP contribution in [0.3, 0.4) is 0 Å². The molecule has 112 valence electrons. The van der Waals surface area contributed by atoms with E-state index in [0.29, 0.717) is 18.2 Å². The van der Waals surface area contributed by atoms with Gasteiger partial charge in [-0.3, -0.25) is 4.79 Å². The van der Waals surface area contributed by atoms with E-state index in [4.69, 9.17) is 9.84 Å². The maximum Gasteiger partial charge on any atom is 0.288 e. The van der Waals surface area contributed by atoms with Crippen LogP contribution in [-0.4, -0.2) is 43.1 Å². The molecule has 4 nitrogen and oxygen atoms in total. The molecule has 0 bridgehead atoms. The number of thioether (sulfide) groups is 1. The zero-order valence-corrected chi connectivity index (χ0v) is 11.8. The lowest BCUT2D eigenvalue weighted by molar-refractivity contribution is 0.0876. The fourth-order valence-electron chi connectivity index (χ4n) is 1.67. The number of carbonyl (C=O) groups is 1. The number of benzene rings is 1. The Bertz CT molecular complexity index is 426. The molecule has 1 aromatic rings. The molecule has 0 heterocycles. The first-order valence-corrected chi connectivity index (χ1v) is 6.91. The van der Waals surface area contributed by atoms with Gasteiger partial charge in [0.25, 0.3) is 11.7 Å². The van der Waals surface area contributed by atoms with Crippen LogP contribution in [0.5, 0.6) is 0 Å². The van der Waals surface area contributed by atoms with E-state index in [1.54, 1.807) is 12.1 Å². The van der Waals surface area contributed by atoms with Crippen molar-refractivity contribution in [2.45, 2.75) is 23.1 Å². The number of rotatable bonds is 8. The molecule has 0 fully saturated rings. The molecule has 20 heavy (non-hydrogen) atoms. The normalized spacial score (nSPS) is 12.4. The van der Waals surface area contributed by atoms with Crippen molar-refractivity contribution in [3.63, 3.8) is 0 Å². The third-order valence-electron chi connectivity index (χ3n) is 2.53. The Morgan fingerprint density at radius 3 is 2.75 bits per heavy atom. The minimum atomic E-state index is -2.59. The Hall–Kier alpha value is -1.18. The average Bonchev–Trinajstić information content (AvgIpc) is 2.39. The third-order valence-corrected chi connectivity index (χ3v) is 3.32. The molecule has 0 aliphatic carbocycles. The van der Waals surface area contributed by atoms with Crippen molar-refractivity contribution in [1.82, 2.24) is 5.32 Å². The second-order valence-electron chi connectivity index (χ2n) is 4.01. The van der Waals surface area contributed by atoms with Crippen LogP contribution in [0, 0.1) is 0 Å². The van der Waals surface area contributed by atoms with Gasteiger partial charge in [0, 0.05) is 18.6 Å². The molecule has 0 aliphatic heterocycles. The first-order valence-electron chi connectivity index (χ1n) is 6.03. The van der Waals surface area contributed by atoms with Crippen molar-refractivity contribution in [3.8, 4) is 0 Å². The predicted octanol–water partition coefficient (Wildman–Crippen LogP) is 2.13. The number of aliphatic hydroxyl groups excluding tert-OH is 1. The Balaban J connectivity index is 2.80. The summed E-state index contributed by atoms with van der Waals surface area (Å²) in [7, 11) is 1.48. The Morgan fingerprint density at radius 2 is 2.15 bits per heavy atom. The monoisotopic (exact) mass is 305 g/mol. The van der Waals surface area contributed by atoms with E-state index in [2.05, 4.69) is 5.32 Å². The van der Waals surface area contributed by atoms with E-state index in [9.17, 15) is 13.6 Å². The van der Waals surface area contributed by atoms with Crippen molar-refractivity contribution >= 4 is 17.7 Å². The summed E-state index contributed by atoms with van der Waals surface area (Å²) in [6.45, 7) is 0.151. The maximum absolute atomic E-state index is 12.4. The Labute approximate surface area is 120 Å². The van der Waals surface area contributed by atoms with Gasteiger partial charge in [0.2, 0.25) is 0 Å². The predicted molar refractivity (Wildman–Crippen MR) is 73.1 cm³/mol. The van der Waals surface area contributed by atoms with Crippen LogP contribution < -0.4 is 5.32 Å². The second-order valence-corrected chi connectivity index (χ2v) is 5.04. The van der Waals surface area contributed by atoms with Crippen LogP contribution >= 0.6 is 11.8 Å². The van der Waals surface area contributed by atoms with Crippen molar-refractivity contribution in [2.75, 3.05) is 20.3 Å². The third kappa shape index (κ3) is 5.44. The number of carbonyl (C=O) groups excluding carboxylic acids is 1. The number of aliphatic hydroxyl groups is 1. The van der Waals surface area contributed by atoms with E-state index in [0.717, 1.165) is 0 Å². The largest absolute Gasteiger partial charge is 0.396 e. The highest BCUT2D eigenvalue weighted by molar-refractivity contribution is 7.99. The minimum absolute atomic E-state index is 0.0955. The molecular weight excluding hydrogens is 288 g/mol. The molecule has 0 aromatic heterocycles. The summed E-state index contributed by atoms with van der Waals surface area (Å²) < 4.78 is 29.8. The summed E-state index contributed by atoms with van der Waals surface area (Å²) in [6, 6.07) is 5.82. The zero-order chi connectivity index (χ0) is 15.0. The van der Waals surface area contributed by atoms with Crippen molar-refractivity contribution in [3.05, 3.63) is 29.8 Å². The molecule has 0 radical (unpaired) electrons. The molecule has 1 rings (SSSR count). The summed E-state index contributed by atoms with van der Waals surface area (Å²) >= 11 is 0.332. The number of methoxy groups -OCH3 is 1. The van der Waals surface area contributed by atoms with Crippen LogP contribution in [0.25, 0.3) is 0 Å². The van der Waals surface area contributed by atoms with Crippen LogP contribution in [0.2, 0.25) is 0 Å². The molecule has 1 atom stereocenters. The second kappa shape index (κ2) is 8.89. The fourth-order valence-corrected chi connectivity index (χ4v) is 2.31. The highest BCUT2D eigenvalue weighted by Gasteiger charge is 2.18. The molecule has 1 aromatic carbocycles. The van der Waals surface area contributed by atoms with Gasteiger partial charge in [0.05, 0.1) is 18.2 Å². The van der Waals surface area contributed by atoms with Gasteiger partial charge >= 0.3 is 0 Å².